The molecule has 0 N–H and O–H groups in total. The third kappa shape index (κ3) is 2.99. The van der Waals surface area contributed by atoms with Gasteiger partial charge in [-0.05, 0) is 19.3 Å². The summed E-state index contributed by atoms with van der Waals surface area (Å²) >= 11 is 3.32. The summed E-state index contributed by atoms with van der Waals surface area (Å²) in [5, 5.41) is 0.785. The summed E-state index contributed by atoms with van der Waals surface area (Å²) in [7, 11) is 0. The first-order chi connectivity index (χ1) is 4.93. The number of halogens is 1. The molecular formula is C7H13BrO2. The standard InChI is InChI=1S/C7H13BrO2/c8-6-7-9-4-2-1-3-5-10-7/h7H,1-6H2. The second kappa shape index (κ2) is 5.10. The van der Waals surface area contributed by atoms with Gasteiger partial charge in [0.2, 0.25) is 0 Å². The lowest BCUT2D eigenvalue weighted by atomic mass is 10.2. The largest absolute Gasteiger partial charge is 0.352 e. The first kappa shape index (κ1) is 8.50. The van der Waals surface area contributed by atoms with Gasteiger partial charge >= 0.3 is 0 Å². The summed E-state index contributed by atoms with van der Waals surface area (Å²) in [6.45, 7) is 1.69. The molecule has 0 aromatic heterocycles. The topological polar surface area (TPSA) is 18.5 Å². The molecule has 10 heavy (non-hydrogen) atoms. The highest BCUT2D eigenvalue weighted by atomic mass is 79.9. The lowest BCUT2D eigenvalue weighted by Gasteiger charge is -2.18. The number of hydrogen-bond acceptors (Lipinski definition) is 2. The van der Waals surface area contributed by atoms with Gasteiger partial charge in [-0.15, -0.1) is 0 Å². The van der Waals surface area contributed by atoms with E-state index in [1.807, 2.05) is 0 Å². The van der Waals surface area contributed by atoms with Gasteiger partial charge in [0, 0.05) is 13.2 Å². The molecule has 1 fully saturated rings. The van der Waals surface area contributed by atoms with Gasteiger partial charge < -0.3 is 9.47 Å². The van der Waals surface area contributed by atoms with Crippen molar-refractivity contribution < 1.29 is 9.47 Å². The average molecular weight is 209 g/mol. The van der Waals surface area contributed by atoms with Crippen LogP contribution < -0.4 is 0 Å². The van der Waals surface area contributed by atoms with E-state index in [4.69, 9.17) is 9.47 Å². The molecule has 2 nitrogen and oxygen atoms in total. The third-order valence-corrected chi connectivity index (χ3v) is 2.05. The Morgan fingerprint density at radius 3 is 2.20 bits per heavy atom. The summed E-state index contributed by atoms with van der Waals surface area (Å²) < 4.78 is 10.7. The zero-order chi connectivity index (χ0) is 7.23. The fraction of sp³-hybridized carbons (Fsp3) is 1.00. The van der Waals surface area contributed by atoms with Crippen molar-refractivity contribution in [1.29, 1.82) is 0 Å². The minimum atomic E-state index is -0.0136. The van der Waals surface area contributed by atoms with Gasteiger partial charge in [0.15, 0.2) is 6.29 Å². The molecule has 0 saturated carbocycles. The summed E-state index contributed by atoms with van der Waals surface area (Å²) in [6, 6.07) is 0. The van der Waals surface area contributed by atoms with Gasteiger partial charge in [0.05, 0.1) is 5.33 Å². The molecule has 0 spiro atoms. The van der Waals surface area contributed by atoms with Crippen molar-refractivity contribution in [2.45, 2.75) is 25.6 Å². The molecule has 0 bridgehead atoms. The van der Waals surface area contributed by atoms with Crippen molar-refractivity contribution in [2.24, 2.45) is 0 Å². The van der Waals surface area contributed by atoms with Crippen LogP contribution in [-0.4, -0.2) is 24.8 Å². The Hall–Kier alpha value is 0.400. The van der Waals surface area contributed by atoms with Gasteiger partial charge in [-0.1, -0.05) is 15.9 Å². The molecule has 1 heterocycles. The molecule has 0 unspecified atom stereocenters. The summed E-state index contributed by atoms with van der Waals surface area (Å²) in [6.07, 6.45) is 3.56. The average Bonchev–Trinajstić information content (AvgIpc) is 1.87. The molecule has 0 aromatic carbocycles. The van der Waals surface area contributed by atoms with Crippen molar-refractivity contribution >= 4 is 15.9 Å². The number of ether oxygens (including phenoxy) is 2. The van der Waals surface area contributed by atoms with E-state index < -0.39 is 0 Å². The van der Waals surface area contributed by atoms with E-state index >= 15 is 0 Å². The molecule has 1 aliphatic heterocycles. The van der Waals surface area contributed by atoms with Crippen LogP contribution in [0.25, 0.3) is 0 Å². The van der Waals surface area contributed by atoms with Gasteiger partial charge in [0.1, 0.15) is 0 Å². The minimum Gasteiger partial charge on any atom is -0.352 e. The zero-order valence-electron chi connectivity index (χ0n) is 6.01. The molecule has 0 aliphatic carbocycles. The summed E-state index contributed by atoms with van der Waals surface area (Å²) in [5.41, 5.74) is 0. The highest BCUT2D eigenvalue weighted by molar-refractivity contribution is 9.09. The van der Waals surface area contributed by atoms with E-state index in [0.29, 0.717) is 0 Å². The molecule has 3 heteroatoms. The number of alkyl halides is 1. The number of rotatable bonds is 1. The molecule has 1 rings (SSSR count). The molecular weight excluding hydrogens is 196 g/mol. The molecule has 1 aliphatic rings. The van der Waals surface area contributed by atoms with Crippen LogP contribution in [0.3, 0.4) is 0 Å². The van der Waals surface area contributed by atoms with Crippen LogP contribution in [0.15, 0.2) is 0 Å². The van der Waals surface area contributed by atoms with Gasteiger partial charge in [-0.2, -0.15) is 0 Å². The smallest absolute Gasteiger partial charge is 0.167 e. The maximum absolute atomic E-state index is 5.36. The van der Waals surface area contributed by atoms with E-state index in [-0.39, 0.29) is 6.29 Å². The molecule has 0 radical (unpaired) electrons. The van der Waals surface area contributed by atoms with E-state index in [1.54, 1.807) is 0 Å². The maximum atomic E-state index is 5.36. The first-order valence-corrected chi connectivity index (χ1v) is 4.85. The third-order valence-electron chi connectivity index (χ3n) is 1.52. The van der Waals surface area contributed by atoms with Gasteiger partial charge in [-0.3, -0.25) is 0 Å². The summed E-state index contributed by atoms with van der Waals surface area (Å²) in [5.74, 6) is 0. The Bertz CT molecular complexity index is 79.7. The monoisotopic (exact) mass is 208 g/mol. The van der Waals surface area contributed by atoms with Crippen LogP contribution in [0, 0.1) is 0 Å². The molecule has 1 saturated heterocycles. The molecule has 0 aromatic rings. The predicted octanol–water partition coefficient (Wildman–Crippen LogP) is 1.92. The van der Waals surface area contributed by atoms with Crippen molar-refractivity contribution in [3.05, 3.63) is 0 Å². The van der Waals surface area contributed by atoms with Crippen LogP contribution in [0.4, 0.5) is 0 Å². The minimum absolute atomic E-state index is 0.0136. The number of hydrogen-bond donors (Lipinski definition) is 0. The highest BCUT2D eigenvalue weighted by Gasteiger charge is 2.08. The van der Waals surface area contributed by atoms with Crippen LogP contribution >= 0.6 is 15.9 Å². The van der Waals surface area contributed by atoms with E-state index in [0.717, 1.165) is 18.5 Å². The summed E-state index contributed by atoms with van der Waals surface area (Å²) in [4.78, 5) is 0. The Morgan fingerprint density at radius 1 is 1.10 bits per heavy atom. The van der Waals surface area contributed by atoms with Crippen molar-refractivity contribution in [3.8, 4) is 0 Å². The fourth-order valence-corrected chi connectivity index (χ4v) is 1.32. The Balaban J connectivity index is 2.16. The Labute approximate surface area is 70.0 Å². The highest BCUT2D eigenvalue weighted by Crippen LogP contribution is 2.08. The van der Waals surface area contributed by atoms with E-state index in [2.05, 4.69) is 15.9 Å². The quantitative estimate of drug-likeness (QED) is 0.614. The SMILES string of the molecule is BrCC1OCCCCCO1. The second-order valence-electron chi connectivity index (χ2n) is 2.39. The van der Waals surface area contributed by atoms with E-state index in [1.165, 1.54) is 19.3 Å². The molecule has 0 atom stereocenters. The molecule has 60 valence electrons. The normalized spacial score (nSPS) is 23.7. The zero-order valence-corrected chi connectivity index (χ0v) is 7.60. The van der Waals surface area contributed by atoms with Gasteiger partial charge in [-0.25, -0.2) is 0 Å². The molecule has 0 amide bonds. The van der Waals surface area contributed by atoms with Crippen LogP contribution in [0.1, 0.15) is 19.3 Å². The van der Waals surface area contributed by atoms with Crippen LogP contribution in [-0.2, 0) is 9.47 Å². The van der Waals surface area contributed by atoms with Crippen molar-refractivity contribution in [1.82, 2.24) is 0 Å². The van der Waals surface area contributed by atoms with Crippen molar-refractivity contribution in [2.75, 3.05) is 18.5 Å². The van der Waals surface area contributed by atoms with Gasteiger partial charge in [0.25, 0.3) is 0 Å². The maximum Gasteiger partial charge on any atom is 0.167 e. The second-order valence-corrected chi connectivity index (χ2v) is 3.03. The van der Waals surface area contributed by atoms with Crippen LogP contribution in [0.2, 0.25) is 0 Å². The van der Waals surface area contributed by atoms with Crippen molar-refractivity contribution in [3.63, 3.8) is 0 Å². The predicted molar refractivity (Wildman–Crippen MR) is 43.3 cm³/mol. The Kier molecular flexibility index (Phi) is 4.34. The Morgan fingerprint density at radius 2 is 1.70 bits per heavy atom. The first-order valence-electron chi connectivity index (χ1n) is 3.72. The van der Waals surface area contributed by atoms with E-state index in [9.17, 15) is 0 Å². The lowest BCUT2D eigenvalue weighted by molar-refractivity contribution is -0.135. The van der Waals surface area contributed by atoms with Crippen LogP contribution in [0.5, 0.6) is 0 Å². The fourth-order valence-electron chi connectivity index (χ4n) is 0.948. The lowest BCUT2D eigenvalue weighted by Crippen LogP contribution is -2.22.